The van der Waals surface area contributed by atoms with Crippen molar-refractivity contribution < 1.29 is 31.1 Å². The number of carbonyl (C=O) groups is 1. The molecule has 1 aromatic heterocycles. The highest BCUT2D eigenvalue weighted by molar-refractivity contribution is 6.33. The first-order valence-corrected chi connectivity index (χ1v) is 9.45. The Morgan fingerprint density at radius 3 is 2.19 bits per heavy atom. The van der Waals surface area contributed by atoms with Gasteiger partial charge in [-0.05, 0) is 29.8 Å². The van der Waals surface area contributed by atoms with E-state index in [0.29, 0.717) is 19.3 Å². The molecule has 0 radical (unpaired) electrons. The number of pyridine rings is 1. The van der Waals surface area contributed by atoms with Crippen LogP contribution < -0.4 is 4.90 Å². The van der Waals surface area contributed by atoms with Gasteiger partial charge < -0.3 is 9.80 Å². The molecule has 0 saturated carbocycles. The molecule has 31 heavy (non-hydrogen) atoms. The first-order chi connectivity index (χ1) is 14.4. The van der Waals surface area contributed by atoms with Gasteiger partial charge in [-0.2, -0.15) is 26.3 Å². The smallest absolute Gasteiger partial charge is 0.352 e. The van der Waals surface area contributed by atoms with E-state index in [1.807, 2.05) is 0 Å². The number of piperazine rings is 1. The highest BCUT2D eigenvalue weighted by Crippen LogP contribution is 2.34. The van der Waals surface area contributed by atoms with Gasteiger partial charge in [0.2, 0.25) is 5.91 Å². The molecule has 0 N–H and O–H groups in total. The number of anilines is 1. The second-order valence-corrected chi connectivity index (χ2v) is 7.20. The number of hydrogen-bond acceptors (Lipinski definition) is 3. The summed E-state index contributed by atoms with van der Waals surface area (Å²) >= 11 is 5.95. The van der Waals surface area contributed by atoms with Crippen LogP contribution in [0.2, 0.25) is 5.02 Å². The van der Waals surface area contributed by atoms with E-state index in [1.54, 1.807) is 4.90 Å². The fourth-order valence-corrected chi connectivity index (χ4v) is 3.33. The van der Waals surface area contributed by atoms with Gasteiger partial charge in [-0.15, -0.1) is 0 Å². The third kappa shape index (κ3) is 5.69. The van der Waals surface area contributed by atoms with Crippen LogP contribution in [0.25, 0.3) is 6.08 Å². The van der Waals surface area contributed by atoms with E-state index in [1.165, 1.54) is 29.2 Å². The van der Waals surface area contributed by atoms with Gasteiger partial charge in [0.15, 0.2) is 0 Å². The van der Waals surface area contributed by atoms with Crippen LogP contribution in [0.3, 0.4) is 0 Å². The summed E-state index contributed by atoms with van der Waals surface area (Å²) in [5.74, 6) is -0.190. The SMILES string of the molecule is O=C(/C=C/c1cccc(C(F)(F)F)c1)N1CCN(c2ncc(C(F)(F)F)cc2Cl)CC1. The number of amides is 1. The number of hydrogen-bond donors (Lipinski definition) is 0. The predicted molar refractivity (Wildman–Crippen MR) is 104 cm³/mol. The van der Waals surface area contributed by atoms with Gasteiger partial charge in [0.25, 0.3) is 0 Å². The van der Waals surface area contributed by atoms with Crippen molar-refractivity contribution in [3.63, 3.8) is 0 Å². The summed E-state index contributed by atoms with van der Waals surface area (Å²) in [7, 11) is 0. The molecule has 1 fully saturated rings. The lowest BCUT2D eigenvalue weighted by Crippen LogP contribution is -2.48. The van der Waals surface area contributed by atoms with E-state index in [-0.39, 0.29) is 35.4 Å². The zero-order chi connectivity index (χ0) is 22.8. The minimum atomic E-state index is -4.55. The lowest BCUT2D eigenvalue weighted by Gasteiger charge is -2.35. The molecule has 1 aliphatic heterocycles. The van der Waals surface area contributed by atoms with Crippen LogP contribution >= 0.6 is 11.6 Å². The van der Waals surface area contributed by atoms with Gasteiger partial charge in [0.1, 0.15) is 5.82 Å². The van der Waals surface area contributed by atoms with Crippen molar-refractivity contribution >= 4 is 29.4 Å². The molecule has 1 saturated heterocycles. The van der Waals surface area contributed by atoms with Crippen LogP contribution in [0.15, 0.2) is 42.6 Å². The summed E-state index contributed by atoms with van der Waals surface area (Å²) in [4.78, 5) is 19.3. The molecule has 0 unspecified atom stereocenters. The average Bonchev–Trinajstić information content (AvgIpc) is 2.71. The van der Waals surface area contributed by atoms with Crippen molar-refractivity contribution in [3.8, 4) is 0 Å². The molecule has 1 amide bonds. The molecule has 1 aromatic carbocycles. The summed E-state index contributed by atoms with van der Waals surface area (Å²) in [5.41, 5.74) is -1.52. The Morgan fingerprint density at radius 1 is 0.968 bits per heavy atom. The number of nitrogens with zero attached hydrogens (tertiary/aromatic N) is 3. The number of alkyl halides is 6. The molecule has 0 aliphatic carbocycles. The second-order valence-electron chi connectivity index (χ2n) is 6.80. The van der Waals surface area contributed by atoms with Crippen LogP contribution in [0.1, 0.15) is 16.7 Å². The van der Waals surface area contributed by atoms with Crippen molar-refractivity contribution in [2.75, 3.05) is 31.1 Å². The lowest BCUT2D eigenvalue weighted by atomic mass is 10.1. The molecule has 0 spiro atoms. The molecule has 2 heterocycles. The van der Waals surface area contributed by atoms with E-state index in [4.69, 9.17) is 11.6 Å². The first-order valence-electron chi connectivity index (χ1n) is 9.07. The first kappa shape index (κ1) is 22.9. The highest BCUT2D eigenvalue weighted by Gasteiger charge is 2.32. The zero-order valence-electron chi connectivity index (χ0n) is 15.8. The Bertz CT molecular complexity index is 982. The minimum absolute atomic E-state index is 0.140. The van der Waals surface area contributed by atoms with Gasteiger partial charge in [-0.25, -0.2) is 4.98 Å². The van der Waals surface area contributed by atoms with Crippen molar-refractivity contribution in [1.29, 1.82) is 0 Å². The minimum Gasteiger partial charge on any atom is -0.352 e. The molecule has 1 aliphatic rings. The van der Waals surface area contributed by atoms with Crippen LogP contribution in [0, 0.1) is 0 Å². The number of carbonyl (C=O) groups excluding carboxylic acids is 1. The van der Waals surface area contributed by atoms with Gasteiger partial charge in [0, 0.05) is 38.5 Å². The molecular weight excluding hydrogens is 448 g/mol. The van der Waals surface area contributed by atoms with Crippen molar-refractivity contribution in [2.24, 2.45) is 0 Å². The van der Waals surface area contributed by atoms with Gasteiger partial charge >= 0.3 is 12.4 Å². The second kappa shape index (κ2) is 8.78. The summed E-state index contributed by atoms with van der Waals surface area (Å²) in [6, 6.07) is 5.40. The maximum absolute atomic E-state index is 12.8. The van der Waals surface area contributed by atoms with E-state index in [2.05, 4.69) is 4.98 Å². The number of benzene rings is 1. The molecule has 4 nitrogen and oxygen atoms in total. The van der Waals surface area contributed by atoms with E-state index in [9.17, 15) is 31.1 Å². The molecule has 2 aromatic rings. The maximum atomic E-state index is 12.8. The Morgan fingerprint density at radius 2 is 1.61 bits per heavy atom. The monoisotopic (exact) mass is 463 g/mol. The number of rotatable bonds is 3. The largest absolute Gasteiger partial charge is 0.417 e. The lowest BCUT2D eigenvalue weighted by molar-refractivity contribution is -0.138. The average molecular weight is 464 g/mol. The molecule has 0 bridgehead atoms. The summed E-state index contributed by atoms with van der Waals surface area (Å²) < 4.78 is 76.5. The Kier molecular flexibility index (Phi) is 6.49. The van der Waals surface area contributed by atoms with E-state index >= 15 is 0 Å². The van der Waals surface area contributed by atoms with Crippen LogP contribution in [0.5, 0.6) is 0 Å². The third-order valence-corrected chi connectivity index (χ3v) is 4.95. The zero-order valence-corrected chi connectivity index (χ0v) is 16.6. The molecule has 11 heteroatoms. The van der Waals surface area contributed by atoms with E-state index < -0.39 is 23.5 Å². The topological polar surface area (TPSA) is 36.4 Å². The fraction of sp³-hybridized carbons (Fsp3) is 0.300. The predicted octanol–water partition coefficient (Wildman–Crippen LogP) is 5.13. The van der Waals surface area contributed by atoms with Crippen LogP contribution in [-0.4, -0.2) is 42.0 Å². The normalized spacial score (nSPS) is 15.6. The van der Waals surface area contributed by atoms with E-state index in [0.717, 1.165) is 18.2 Å². The number of halogens is 7. The van der Waals surface area contributed by atoms with Crippen LogP contribution in [0.4, 0.5) is 32.2 Å². The maximum Gasteiger partial charge on any atom is 0.417 e. The van der Waals surface area contributed by atoms with Crippen molar-refractivity contribution in [1.82, 2.24) is 9.88 Å². The van der Waals surface area contributed by atoms with Crippen molar-refractivity contribution in [2.45, 2.75) is 12.4 Å². The van der Waals surface area contributed by atoms with Gasteiger partial charge in [-0.3, -0.25) is 4.79 Å². The molecule has 3 rings (SSSR count). The fourth-order valence-electron chi connectivity index (χ4n) is 3.05. The molecule has 0 atom stereocenters. The van der Waals surface area contributed by atoms with Crippen molar-refractivity contribution in [3.05, 3.63) is 64.3 Å². The Labute approximate surface area is 178 Å². The summed E-state index contributed by atoms with van der Waals surface area (Å²) in [6.07, 6.45) is -5.83. The molecular formula is C20H16ClF6N3O. The highest BCUT2D eigenvalue weighted by atomic mass is 35.5. The van der Waals surface area contributed by atoms with Gasteiger partial charge in [0.05, 0.1) is 16.1 Å². The number of aromatic nitrogens is 1. The van der Waals surface area contributed by atoms with Crippen LogP contribution in [-0.2, 0) is 17.1 Å². The quantitative estimate of drug-likeness (QED) is 0.467. The summed E-state index contributed by atoms with van der Waals surface area (Å²) in [6.45, 7) is 1.10. The van der Waals surface area contributed by atoms with Gasteiger partial charge in [-0.1, -0.05) is 23.7 Å². The Hall–Kier alpha value is -2.75. The summed E-state index contributed by atoms with van der Waals surface area (Å²) in [5, 5.41) is -0.140. The standard InChI is InChI=1S/C20H16ClF6N3O/c21-16-11-15(20(25,26)27)12-28-18(16)30-8-6-29(7-9-30)17(31)5-4-13-2-1-3-14(10-13)19(22,23)24/h1-5,10-12H,6-9H2/b5-4+. The third-order valence-electron chi connectivity index (χ3n) is 4.67. The Balaban J connectivity index is 1.61. The molecule has 166 valence electrons.